The summed E-state index contributed by atoms with van der Waals surface area (Å²) < 4.78 is 0. The van der Waals surface area contributed by atoms with Gasteiger partial charge >= 0.3 is 0 Å². The second-order valence-corrected chi connectivity index (χ2v) is 4.42. The highest BCUT2D eigenvalue weighted by Crippen LogP contribution is 2.39. The molecule has 2 aliphatic heterocycles. The molecule has 2 fully saturated rings. The highest BCUT2D eigenvalue weighted by atomic mass is 35.5. The summed E-state index contributed by atoms with van der Waals surface area (Å²) in [7, 11) is 0. The number of aromatic nitrogens is 2. The number of rotatable bonds is 1. The van der Waals surface area contributed by atoms with Gasteiger partial charge in [0.2, 0.25) is 0 Å². The largest absolute Gasteiger partial charge is 0.311 e. The zero-order chi connectivity index (χ0) is 8.84. The number of halogens is 1. The smallest absolute Gasteiger partial charge is 0.151 e. The van der Waals surface area contributed by atoms with Crippen LogP contribution in [0.15, 0.2) is 6.07 Å². The van der Waals surface area contributed by atoms with E-state index in [0.29, 0.717) is 17.1 Å². The Morgan fingerprint density at radius 3 is 2.92 bits per heavy atom. The first-order chi connectivity index (χ1) is 6.33. The molecule has 1 aromatic heterocycles. The standard InChI is InChI=1S/C9H12ClN3/c10-9-4-8(12-13-9)6-3-5-1-2-7(6)11-5/h4-7,11H,1-3H2,(H,12,13). The van der Waals surface area contributed by atoms with Crippen LogP contribution in [-0.4, -0.2) is 22.3 Å². The molecule has 0 saturated carbocycles. The lowest BCUT2D eigenvalue weighted by atomic mass is 9.87. The highest BCUT2D eigenvalue weighted by Gasteiger charge is 2.40. The van der Waals surface area contributed by atoms with Crippen molar-refractivity contribution < 1.29 is 0 Å². The van der Waals surface area contributed by atoms with E-state index in [2.05, 4.69) is 15.5 Å². The summed E-state index contributed by atoms with van der Waals surface area (Å²) in [5, 5.41) is 11.1. The van der Waals surface area contributed by atoms with E-state index in [1.807, 2.05) is 6.07 Å². The Morgan fingerprint density at radius 2 is 2.38 bits per heavy atom. The maximum Gasteiger partial charge on any atom is 0.151 e. The lowest BCUT2D eigenvalue weighted by Crippen LogP contribution is -2.21. The molecule has 0 aliphatic carbocycles. The van der Waals surface area contributed by atoms with Crippen molar-refractivity contribution in [3.05, 3.63) is 16.9 Å². The zero-order valence-electron chi connectivity index (χ0n) is 7.26. The summed E-state index contributed by atoms with van der Waals surface area (Å²) in [6.45, 7) is 0. The van der Waals surface area contributed by atoms with Crippen molar-refractivity contribution in [3.8, 4) is 0 Å². The molecule has 3 rings (SSSR count). The summed E-state index contributed by atoms with van der Waals surface area (Å²) in [4.78, 5) is 0. The van der Waals surface area contributed by atoms with E-state index in [0.717, 1.165) is 6.04 Å². The van der Waals surface area contributed by atoms with Crippen LogP contribution in [-0.2, 0) is 0 Å². The first-order valence-corrected chi connectivity index (χ1v) is 5.17. The molecule has 3 atom stereocenters. The molecule has 2 aliphatic rings. The molecule has 3 unspecified atom stereocenters. The lowest BCUT2D eigenvalue weighted by Gasteiger charge is -2.17. The van der Waals surface area contributed by atoms with Gasteiger partial charge in [-0.15, -0.1) is 0 Å². The molecular formula is C9H12ClN3. The van der Waals surface area contributed by atoms with Crippen LogP contribution >= 0.6 is 11.6 Å². The fourth-order valence-corrected chi connectivity index (χ4v) is 2.83. The quantitative estimate of drug-likeness (QED) is 0.719. The predicted octanol–water partition coefficient (Wildman–Crippen LogP) is 1.67. The topological polar surface area (TPSA) is 40.7 Å². The molecule has 2 N–H and O–H groups in total. The minimum atomic E-state index is 0.581. The van der Waals surface area contributed by atoms with Crippen LogP contribution in [0, 0.1) is 0 Å². The Morgan fingerprint density at radius 1 is 1.46 bits per heavy atom. The first-order valence-electron chi connectivity index (χ1n) is 4.80. The number of hydrogen-bond acceptors (Lipinski definition) is 2. The van der Waals surface area contributed by atoms with E-state index in [4.69, 9.17) is 11.6 Å². The predicted molar refractivity (Wildman–Crippen MR) is 50.9 cm³/mol. The molecule has 0 radical (unpaired) electrons. The third-order valence-electron chi connectivity index (χ3n) is 3.27. The Hall–Kier alpha value is -0.540. The monoisotopic (exact) mass is 197 g/mol. The van der Waals surface area contributed by atoms with Gasteiger partial charge in [0.25, 0.3) is 0 Å². The molecule has 70 valence electrons. The van der Waals surface area contributed by atoms with Crippen LogP contribution in [0.3, 0.4) is 0 Å². The maximum absolute atomic E-state index is 5.78. The molecular weight excluding hydrogens is 186 g/mol. The van der Waals surface area contributed by atoms with E-state index >= 15 is 0 Å². The van der Waals surface area contributed by atoms with Crippen molar-refractivity contribution >= 4 is 11.6 Å². The Labute approximate surface area is 81.9 Å². The summed E-state index contributed by atoms with van der Waals surface area (Å²) in [6.07, 6.45) is 3.87. The maximum atomic E-state index is 5.78. The van der Waals surface area contributed by atoms with Crippen molar-refractivity contribution in [2.24, 2.45) is 0 Å². The SMILES string of the molecule is Clc1cc(C2CC3CCC2N3)[nH]n1. The van der Waals surface area contributed by atoms with Gasteiger partial charge in [-0.3, -0.25) is 5.10 Å². The van der Waals surface area contributed by atoms with Crippen LogP contribution in [0.4, 0.5) is 0 Å². The lowest BCUT2D eigenvalue weighted by molar-refractivity contribution is 0.496. The summed E-state index contributed by atoms with van der Waals surface area (Å²) >= 11 is 5.78. The van der Waals surface area contributed by atoms with Gasteiger partial charge in [-0.05, 0) is 25.3 Å². The van der Waals surface area contributed by atoms with E-state index in [-0.39, 0.29) is 0 Å². The average molecular weight is 198 g/mol. The number of nitrogens with zero attached hydrogens (tertiary/aromatic N) is 1. The van der Waals surface area contributed by atoms with Crippen molar-refractivity contribution in [1.29, 1.82) is 0 Å². The van der Waals surface area contributed by atoms with Crippen LogP contribution in [0.2, 0.25) is 5.15 Å². The minimum Gasteiger partial charge on any atom is -0.311 e. The first kappa shape index (κ1) is 7.83. The molecule has 1 aromatic rings. The van der Waals surface area contributed by atoms with Crippen molar-refractivity contribution in [2.75, 3.05) is 0 Å². The Bertz CT molecular complexity index is 322. The second kappa shape index (κ2) is 2.72. The molecule has 13 heavy (non-hydrogen) atoms. The number of fused-ring (bicyclic) bond motifs is 2. The summed E-state index contributed by atoms with van der Waals surface area (Å²) in [5.41, 5.74) is 1.20. The van der Waals surface area contributed by atoms with Crippen molar-refractivity contribution in [3.63, 3.8) is 0 Å². The van der Waals surface area contributed by atoms with Crippen LogP contribution in [0.25, 0.3) is 0 Å². The van der Waals surface area contributed by atoms with Gasteiger partial charge in [0, 0.05) is 23.7 Å². The second-order valence-electron chi connectivity index (χ2n) is 4.04. The molecule has 4 heteroatoms. The van der Waals surface area contributed by atoms with Crippen molar-refractivity contribution in [2.45, 2.75) is 37.3 Å². The molecule has 2 saturated heterocycles. The molecule has 3 nitrogen and oxygen atoms in total. The third kappa shape index (κ3) is 1.18. The van der Waals surface area contributed by atoms with Gasteiger partial charge in [-0.2, -0.15) is 5.10 Å². The summed E-state index contributed by atoms with van der Waals surface area (Å²) in [5.74, 6) is 0.610. The normalized spacial score (nSPS) is 37.2. The number of aromatic amines is 1. The number of hydrogen-bond donors (Lipinski definition) is 2. The highest BCUT2D eigenvalue weighted by molar-refractivity contribution is 6.29. The van der Waals surface area contributed by atoms with E-state index in [1.54, 1.807) is 0 Å². The fraction of sp³-hybridized carbons (Fsp3) is 0.667. The number of H-pyrrole nitrogens is 1. The van der Waals surface area contributed by atoms with Gasteiger partial charge in [-0.1, -0.05) is 11.6 Å². The van der Waals surface area contributed by atoms with Gasteiger partial charge in [0.05, 0.1) is 0 Å². The molecule has 2 bridgehead atoms. The molecule has 0 amide bonds. The van der Waals surface area contributed by atoms with Gasteiger partial charge < -0.3 is 5.32 Å². The minimum absolute atomic E-state index is 0.581. The van der Waals surface area contributed by atoms with Crippen LogP contribution in [0.1, 0.15) is 30.9 Å². The van der Waals surface area contributed by atoms with E-state index in [9.17, 15) is 0 Å². The average Bonchev–Trinajstić information content (AvgIpc) is 2.77. The third-order valence-corrected chi connectivity index (χ3v) is 3.46. The Balaban J connectivity index is 1.87. The Kier molecular flexibility index (Phi) is 1.64. The molecule has 0 spiro atoms. The van der Waals surface area contributed by atoms with Crippen LogP contribution in [0.5, 0.6) is 0 Å². The fourth-order valence-electron chi connectivity index (χ4n) is 2.67. The van der Waals surface area contributed by atoms with Gasteiger partial charge in [0.1, 0.15) is 0 Å². The molecule has 0 aromatic carbocycles. The zero-order valence-corrected chi connectivity index (χ0v) is 8.01. The van der Waals surface area contributed by atoms with E-state index in [1.165, 1.54) is 25.0 Å². The van der Waals surface area contributed by atoms with Gasteiger partial charge in [0.15, 0.2) is 5.15 Å². The van der Waals surface area contributed by atoms with Crippen LogP contribution < -0.4 is 5.32 Å². The summed E-state index contributed by atoms with van der Waals surface area (Å²) in [6, 6.07) is 3.34. The molecule has 3 heterocycles. The van der Waals surface area contributed by atoms with Gasteiger partial charge in [-0.25, -0.2) is 0 Å². The van der Waals surface area contributed by atoms with E-state index < -0.39 is 0 Å². The number of nitrogens with one attached hydrogen (secondary N) is 2. The van der Waals surface area contributed by atoms with Crippen molar-refractivity contribution in [1.82, 2.24) is 15.5 Å².